The zero-order valence-corrected chi connectivity index (χ0v) is 11.3. The van der Waals surface area contributed by atoms with Crippen LogP contribution in [0.25, 0.3) is 6.08 Å². The lowest BCUT2D eigenvalue weighted by Crippen LogP contribution is -2.60. The number of fused-ring (bicyclic) bond motifs is 1. The molecule has 0 amide bonds. The summed E-state index contributed by atoms with van der Waals surface area (Å²) in [4.78, 5) is 0. The van der Waals surface area contributed by atoms with Gasteiger partial charge in [0.25, 0.3) is 0 Å². The molecule has 0 radical (unpaired) electrons. The van der Waals surface area contributed by atoms with Gasteiger partial charge in [0.05, 0.1) is 19.8 Å². The molecule has 122 valence electrons. The molecule has 0 aromatic heterocycles. The summed E-state index contributed by atoms with van der Waals surface area (Å²) < 4.78 is 92.0. The number of hydrogen-bond donors (Lipinski definition) is 0. The SMILES string of the molecule is COc1cc(OC)c2c(c1)OC(C(F)(F)F)(C(F)(F)F)C=C2. The smallest absolute Gasteiger partial charge is 0.441 e. The second kappa shape index (κ2) is 4.99. The van der Waals surface area contributed by atoms with Crippen molar-refractivity contribution in [3.8, 4) is 17.2 Å². The number of rotatable bonds is 2. The van der Waals surface area contributed by atoms with Gasteiger partial charge >= 0.3 is 18.0 Å². The van der Waals surface area contributed by atoms with Crippen LogP contribution in [0.15, 0.2) is 18.2 Å². The fourth-order valence-corrected chi connectivity index (χ4v) is 1.99. The van der Waals surface area contributed by atoms with Gasteiger partial charge in [-0.15, -0.1) is 0 Å². The van der Waals surface area contributed by atoms with Crippen molar-refractivity contribution >= 4 is 6.08 Å². The van der Waals surface area contributed by atoms with Crippen LogP contribution in [0, 0.1) is 0 Å². The van der Waals surface area contributed by atoms with E-state index in [1.807, 2.05) is 0 Å². The highest BCUT2D eigenvalue weighted by Crippen LogP contribution is 2.51. The third-order valence-corrected chi connectivity index (χ3v) is 3.13. The molecule has 3 nitrogen and oxygen atoms in total. The summed E-state index contributed by atoms with van der Waals surface area (Å²) in [7, 11) is 2.43. The number of alkyl halides is 6. The Kier molecular flexibility index (Phi) is 3.70. The minimum Gasteiger partial charge on any atom is -0.496 e. The van der Waals surface area contributed by atoms with Gasteiger partial charge in [-0.25, -0.2) is 0 Å². The topological polar surface area (TPSA) is 27.7 Å². The molecule has 0 saturated carbocycles. The van der Waals surface area contributed by atoms with Crippen LogP contribution in [0.3, 0.4) is 0 Å². The van der Waals surface area contributed by atoms with Gasteiger partial charge in [-0.05, 0) is 12.2 Å². The van der Waals surface area contributed by atoms with E-state index >= 15 is 0 Å². The highest BCUT2D eigenvalue weighted by atomic mass is 19.4. The molecule has 1 heterocycles. The molecule has 0 fully saturated rings. The first kappa shape index (κ1) is 16.3. The monoisotopic (exact) mass is 328 g/mol. The molecule has 22 heavy (non-hydrogen) atoms. The summed E-state index contributed by atoms with van der Waals surface area (Å²) in [5.41, 5.74) is -4.45. The number of ether oxygens (including phenoxy) is 3. The molecule has 0 bridgehead atoms. The zero-order valence-electron chi connectivity index (χ0n) is 11.3. The van der Waals surface area contributed by atoms with Crippen LogP contribution < -0.4 is 14.2 Å². The molecular weight excluding hydrogens is 318 g/mol. The van der Waals surface area contributed by atoms with Crippen molar-refractivity contribution in [3.63, 3.8) is 0 Å². The van der Waals surface area contributed by atoms with Gasteiger partial charge in [0, 0.05) is 12.1 Å². The van der Waals surface area contributed by atoms with Gasteiger partial charge in [0.15, 0.2) is 0 Å². The van der Waals surface area contributed by atoms with Gasteiger partial charge in [-0.3, -0.25) is 0 Å². The maximum absolute atomic E-state index is 13.0. The van der Waals surface area contributed by atoms with Crippen molar-refractivity contribution in [2.24, 2.45) is 0 Å². The minimum absolute atomic E-state index is 0.00384. The maximum Gasteiger partial charge on any atom is 0.441 e. The number of methoxy groups -OCH3 is 2. The van der Waals surface area contributed by atoms with Crippen LogP contribution in [-0.4, -0.2) is 32.2 Å². The van der Waals surface area contributed by atoms with Crippen molar-refractivity contribution in [1.29, 1.82) is 0 Å². The average molecular weight is 328 g/mol. The number of benzene rings is 1. The fraction of sp³-hybridized carbons (Fsp3) is 0.385. The highest BCUT2D eigenvalue weighted by Gasteiger charge is 2.73. The Labute approximate surface area is 121 Å². The lowest BCUT2D eigenvalue weighted by atomic mass is 9.96. The van der Waals surface area contributed by atoms with Crippen LogP contribution in [0.2, 0.25) is 0 Å². The van der Waals surface area contributed by atoms with Gasteiger partial charge in [-0.1, -0.05) is 0 Å². The Bertz CT molecular complexity index is 589. The van der Waals surface area contributed by atoms with E-state index in [0.29, 0.717) is 6.08 Å². The van der Waals surface area contributed by atoms with Gasteiger partial charge in [0.2, 0.25) is 0 Å². The van der Waals surface area contributed by atoms with E-state index in [1.165, 1.54) is 20.3 Å². The first-order valence-corrected chi connectivity index (χ1v) is 5.83. The van der Waals surface area contributed by atoms with E-state index in [9.17, 15) is 26.3 Å². The summed E-state index contributed by atoms with van der Waals surface area (Å²) in [5, 5.41) is 0. The molecule has 0 aliphatic carbocycles. The van der Waals surface area contributed by atoms with Crippen LogP contribution >= 0.6 is 0 Å². The third-order valence-electron chi connectivity index (χ3n) is 3.13. The summed E-state index contributed by atoms with van der Waals surface area (Å²) in [6.07, 6.45) is -10.8. The lowest BCUT2D eigenvalue weighted by Gasteiger charge is -2.37. The maximum atomic E-state index is 13.0. The number of halogens is 6. The Hall–Kier alpha value is -2.06. The van der Waals surface area contributed by atoms with Gasteiger partial charge in [0.1, 0.15) is 17.2 Å². The Morgan fingerprint density at radius 2 is 1.55 bits per heavy atom. The standard InChI is InChI=1S/C13H10F6O3/c1-20-7-5-9(21-2)8-3-4-11(12(14,15)16,13(17,18)19)22-10(8)6-7/h3-6H,1-2H3. The van der Waals surface area contributed by atoms with E-state index in [1.54, 1.807) is 0 Å². The Balaban J connectivity index is 2.64. The van der Waals surface area contributed by atoms with Crippen molar-refractivity contribution < 1.29 is 40.6 Å². The van der Waals surface area contributed by atoms with Crippen molar-refractivity contribution in [1.82, 2.24) is 0 Å². The molecule has 0 saturated heterocycles. The van der Waals surface area contributed by atoms with Crippen LogP contribution in [0.1, 0.15) is 5.56 Å². The summed E-state index contributed by atoms with van der Waals surface area (Å²) in [6.45, 7) is 0. The lowest BCUT2D eigenvalue weighted by molar-refractivity contribution is -0.337. The van der Waals surface area contributed by atoms with Crippen molar-refractivity contribution in [2.45, 2.75) is 18.0 Å². The molecule has 1 aromatic carbocycles. The van der Waals surface area contributed by atoms with E-state index < -0.39 is 23.7 Å². The van der Waals surface area contributed by atoms with Crippen molar-refractivity contribution in [3.05, 3.63) is 23.8 Å². The van der Waals surface area contributed by atoms with Gasteiger partial charge in [-0.2, -0.15) is 26.3 Å². The second-order valence-corrected chi connectivity index (χ2v) is 4.41. The number of hydrogen-bond acceptors (Lipinski definition) is 3. The predicted octanol–water partition coefficient (Wildman–Crippen LogP) is 3.97. The predicted molar refractivity (Wildman–Crippen MR) is 64.0 cm³/mol. The van der Waals surface area contributed by atoms with Crippen LogP contribution in [0.5, 0.6) is 17.2 Å². The van der Waals surface area contributed by atoms with E-state index in [4.69, 9.17) is 9.47 Å². The summed E-state index contributed by atoms with van der Waals surface area (Å²) in [6, 6.07) is 2.26. The molecule has 0 unspecified atom stereocenters. The second-order valence-electron chi connectivity index (χ2n) is 4.41. The van der Waals surface area contributed by atoms with Crippen molar-refractivity contribution in [2.75, 3.05) is 14.2 Å². The first-order valence-electron chi connectivity index (χ1n) is 5.83. The fourth-order valence-electron chi connectivity index (χ4n) is 1.99. The molecule has 9 heteroatoms. The molecule has 1 aliphatic rings. The average Bonchev–Trinajstić information content (AvgIpc) is 2.42. The first-order chi connectivity index (χ1) is 10.1. The Morgan fingerprint density at radius 3 is 2.00 bits per heavy atom. The van der Waals surface area contributed by atoms with E-state index in [2.05, 4.69) is 4.74 Å². The van der Waals surface area contributed by atoms with E-state index in [-0.39, 0.29) is 23.1 Å². The molecule has 2 rings (SSSR count). The molecule has 0 atom stereocenters. The highest BCUT2D eigenvalue weighted by molar-refractivity contribution is 5.69. The molecule has 0 spiro atoms. The molecule has 0 N–H and O–H groups in total. The normalized spacial score (nSPS) is 16.7. The molecule has 1 aromatic rings. The molecule has 1 aliphatic heterocycles. The van der Waals surface area contributed by atoms with Gasteiger partial charge < -0.3 is 14.2 Å². The van der Waals surface area contributed by atoms with Crippen LogP contribution in [0.4, 0.5) is 26.3 Å². The quantitative estimate of drug-likeness (QED) is 0.769. The summed E-state index contributed by atoms with van der Waals surface area (Å²) >= 11 is 0. The third kappa shape index (κ3) is 2.34. The molecular formula is C13H10F6O3. The minimum atomic E-state index is -5.68. The summed E-state index contributed by atoms with van der Waals surface area (Å²) in [5.74, 6) is -0.596. The van der Waals surface area contributed by atoms with Crippen LogP contribution in [-0.2, 0) is 0 Å². The zero-order chi connectivity index (χ0) is 16.8. The van der Waals surface area contributed by atoms with E-state index in [0.717, 1.165) is 6.07 Å². The largest absolute Gasteiger partial charge is 0.496 e. The Morgan fingerprint density at radius 1 is 0.955 bits per heavy atom.